The minimum absolute atomic E-state index is 0.323. The zero-order valence-electron chi connectivity index (χ0n) is 11.3. The topological polar surface area (TPSA) is 42.2 Å². The molecule has 0 saturated carbocycles. The molecule has 0 fully saturated rings. The number of aromatic nitrogens is 1. The molecule has 1 aromatic heterocycles. The van der Waals surface area contributed by atoms with Gasteiger partial charge < -0.3 is 9.67 Å². The molecular formula is C15H19NO2. The number of rotatable bonds is 3. The summed E-state index contributed by atoms with van der Waals surface area (Å²) in [5.74, 6) is -0.442. The van der Waals surface area contributed by atoms with Crippen molar-refractivity contribution in [2.45, 2.75) is 39.7 Å². The summed E-state index contributed by atoms with van der Waals surface area (Å²) in [6.45, 7) is 8.53. The van der Waals surface area contributed by atoms with E-state index in [-0.39, 0.29) is 0 Å². The van der Waals surface area contributed by atoms with Crippen molar-refractivity contribution in [2.75, 3.05) is 0 Å². The fourth-order valence-corrected chi connectivity index (χ4v) is 2.30. The maximum atomic E-state index is 11.1. The van der Waals surface area contributed by atoms with E-state index in [9.17, 15) is 4.79 Å². The highest BCUT2D eigenvalue weighted by Crippen LogP contribution is 2.30. The molecule has 3 nitrogen and oxygen atoms in total. The molecule has 18 heavy (non-hydrogen) atoms. The van der Waals surface area contributed by atoms with E-state index in [0.717, 1.165) is 10.9 Å². The first-order valence-corrected chi connectivity index (χ1v) is 6.29. The third kappa shape index (κ3) is 2.01. The lowest BCUT2D eigenvalue weighted by atomic mass is 10.0. The van der Waals surface area contributed by atoms with Crippen molar-refractivity contribution >= 4 is 16.9 Å². The van der Waals surface area contributed by atoms with Crippen LogP contribution in [0.2, 0.25) is 0 Å². The van der Waals surface area contributed by atoms with Crippen LogP contribution in [0.1, 0.15) is 55.6 Å². The van der Waals surface area contributed by atoms with Crippen LogP contribution in [0.3, 0.4) is 0 Å². The molecule has 0 saturated heterocycles. The highest BCUT2D eigenvalue weighted by molar-refractivity contribution is 5.94. The van der Waals surface area contributed by atoms with Crippen LogP contribution in [0, 0.1) is 0 Å². The van der Waals surface area contributed by atoms with Crippen LogP contribution in [0.4, 0.5) is 0 Å². The Morgan fingerprint density at radius 3 is 2.39 bits per heavy atom. The third-order valence-corrected chi connectivity index (χ3v) is 3.29. The molecule has 0 unspecified atom stereocenters. The van der Waals surface area contributed by atoms with Crippen LogP contribution in [-0.4, -0.2) is 15.6 Å². The molecule has 96 valence electrons. The number of hydrogen-bond donors (Lipinski definition) is 1. The fraction of sp³-hybridized carbons (Fsp3) is 0.400. The number of carboxylic acids is 1. The number of fused-ring (bicyclic) bond motifs is 1. The standard InChI is InChI=1S/C15H19NO2/c1-9(2)13-8-16(10(3)4)14-7-11(15(17)18)5-6-12(13)14/h5-10H,1-4H3,(H,17,18). The van der Waals surface area contributed by atoms with Gasteiger partial charge in [0.15, 0.2) is 0 Å². The van der Waals surface area contributed by atoms with Crippen molar-refractivity contribution in [3.05, 3.63) is 35.5 Å². The molecule has 3 heteroatoms. The number of benzene rings is 1. The number of carboxylic acid groups (broad SMARTS) is 1. The minimum atomic E-state index is -0.875. The van der Waals surface area contributed by atoms with Crippen LogP contribution >= 0.6 is 0 Å². The summed E-state index contributed by atoms with van der Waals surface area (Å²) in [6.07, 6.45) is 2.14. The van der Waals surface area contributed by atoms with Crippen molar-refractivity contribution in [2.24, 2.45) is 0 Å². The lowest BCUT2D eigenvalue weighted by Gasteiger charge is -2.09. The summed E-state index contributed by atoms with van der Waals surface area (Å²) >= 11 is 0. The molecule has 0 bridgehead atoms. The highest BCUT2D eigenvalue weighted by Gasteiger charge is 2.14. The Morgan fingerprint density at radius 2 is 1.89 bits per heavy atom. The molecule has 1 heterocycles. The predicted molar refractivity (Wildman–Crippen MR) is 73.4 cm³/mol. The van der Waals surface area contributed by atoms with Gasteiger partial charge in [0.1, 0.15) is 0 Å². The van der Waals surface area contributed by atoms with Gasteiger partial charge >= 0.3 is 5.97 Å². The Kier molecular flexibility index (Phi) is 3.16. The fourth-order valence-electron chi connectivity index (χ4n) is 2.30. The maximum Gasteiger partial charge on any atom is 0.335 e. The quantitative estimate of drug-likeness (QED) is 0.886. The van der Waals surface area contributed by atoms with E-state index < -0.39 is 5.97 Å². The average molecular weight is 245 g/mol. The normalized spacial score (nSPS) is 11.7. The molecule has 0 amide bonds. The van der Waals surface area contributed by atoms with Crippen LogP contribution < -0.4 is 0 Å². The number of hydrogen-bond acceptors (Lipinski definition) is 1. The molecule has 0 aliphatic carbocycles. The Morgan fingerprint density at radius 1 is 1.22 bits per heavy atom. The van der Waals surface area contributed by atoms with E-state index in [2.05, 4.69) is 38.5 Å². The predicted octanol–water partition coefficient (Wildman–Crippen LogP) is 4.04. The molecule has 0 radical (unpaired) electrons. The van der Waals surface area contributed by atoms with Crippen LogP contribution in [0.5, 0.6) is 0 Å². The SMILES string of the molecule is CC(C)c1cn(C(C)C)c2cc(C(=O)O)ccc12. The number of nitrogens with zero attached hydrogens (tertiary/aromatic N) is 1. The third-order valence-electron chi connectivity index (χ3n) is 3.29. The largest absolute Gasteiger partial charge is 0.478 e. The van der Waals surface area contributed by atoms with Crippen LogP contribution in [-0.2, 0) is 0 Å². The number of carbonyl (C=O) groups is 1. The Bertz CT molecular complexity index is 594. The van der Waals surface area contributed by atoms with Crippen molar-refractivity contribution in [1.82, 2.24) is 4.57 Å². The van der Waals surface area contributed by atoms with Crippen molar-refractivity contribution in [3.63, 3.8) is 0 Å². The van der Waals surface area contributed by atoms with Gasteiger partial charge in [-0.25, -0.2) is 4.79 Å². The summed E-state index contributed by atoms with van der Waals surface area (Å²) in [5, 5.41) is 10.2. The summed E-state index contributed by atoms with van der Waals surface area (Å²) in [6, 6.07) is 5.70. The molecule has 2 aromatic rings. The molecule has 0 aliphatic heterocycles. The first kappa shape index (κ1) is 12.7. The second-order valence-corrected chi connectivity index (χ2v) is 5.28. The summed E-state index contributed by atoms with van der Waals surface area (Å²) in [4.78, 5) is 11.1. The lowest BCUT2D eigenvalue weighted by Crippen LogP contribution is -2.00. The first-order valence-electron chi connectivity index (χ1n) is 6.29. The zero-order chi connectivity index (χ0) is 13.4. The summed E-state index contributed by atoms with van der Waals surface area (Å²) in [5.41, 5.74) is 2.63. The number of aromatic carboxylic acids is 1. The molecule has 0 atom stereocenters. The van der Waals surface area contributed by atoms with Gasteiger partial charge in [0.05, 0.1) is 5.56 Å². The first-order chi connectivity index (χ1) is 8.41. The van der Waals surface area contributed by atoms with E-state index >= 15 is 0 Å². The summed E-state index contributed by atoms with van der Waals surface area (Å²) in [7, 11) is 0. The van der Waals surface area contributed by atoms with Gasteiger partial charge in [-0.05, 0) is 37.5 Å². The monoisotopic (exact) mass is 245 g/mol. The maximum absolute atomic E-state index is 11.1. The molecule has 1 aromatic carbocycles. The highest BCUT2D eigenvalue weighted by atomic mass is 16.4. The molecular weight excluding hydrogens is 226 g/mol. The zero-order valence-corrected chi connectivity index (χ0v) is 11.3. The smallest absolute Gasteiger partial charge is 0.335 e. The summed E-state index contributed by atoms with van der Waals surface area (Å²) < 4.78 is 2.15. The van der Waals surface area contributed by atoms with Crippen LogP contribution in [0.25, 0.3) is 10.9 Å². The molecule has 1 N–H and O–H groups in total. The molecule has 0 aliphatic rings. The van der Waals surface area contributed by atoms with Crippen molar-refractivity contribution in [3.8, 4) is 0 Å². The Balaban J connectivity index is 2.75. The van der Waals surface area contributed by atoms with Gasteiger partial charge in [-0.1, -0.05) is 19.9 Å². The lowest BCUT2D eigenvalue weighted by molar-refractivity contribution is 0.0697. The average Bonchev–Trinajstić information content (AvgIpc) is 2.67. The second-order valence-electron chi connectivity index (χ2n) is 5.28. The van der Waals surface area contributed by atoms with E-state index in [0.29, 0.717) is 17.5 Å². The Hall–Kier alpha value is -1.77. The Labute approximate surface area is 107 Å². The molecule has 0 spiro atoms. The van der Waals surface area contributed by atoms with Crippen molar-refractivity contribution in [1.29, 1.82) is 0 Å². The van der Waals surface area contributed by atoms with Crippen molar-refractivity contribution < 1.29 is 9.90 Å². The second kappa shape index (κ2) is 4.48. The van der Waals surface area contributed by atoms with Gasteiger partial charge in [0.2, 0.25) is 0 Å². The van der Waals surface area contributed by atoms with Crippen LogP contribution in [0.15, 0.2) is 24.4 Å². The van der Waals surface area contributed by atoms with Gasteiger partial charge in [0, 0.05) is 23.1 Å². The van der Waals surface area contributed by atoms with Gasteiger partial charge in [-0.15, -0.1) is 0 Å². The molecule has 2 rings (SSSR count). The van der Waals surface area contributed by atoms with E-state index in [1.807, 2.05) is 6.07 Å². The van der Waals surface area contributed by atoms with Gasteiger partial charge in [-0.2, -0.15) is 0 Å². The van der Waals surface area contributed by atoms with E-state index in [1.165, 1.54) is 5.56 Å². The van der Waals surface area contributed by atoms with E-state index in [4.69, 9.17) is 5.11 Å². The minimum Gasteiger partial charge on any atom is -0.478 e. The van der Waals surface area contributed by atoms with Gasteiger partial charge in [-0.3, -0.25) is 0 Å². The van der Waals surface area contributed by atoms with E-state index in [1.54, 1.807) is 12.1 Å². The van der Waals surface area contributed by atoms with Gasteiger partial charge in [0.25, 0.3) is 0 Å².